The summed E-state index contributed by atoms with van der Waals surface area (Å²) >= 11 is 0. The fourth-order valence-corrected chi connectivity index (χ4v) is 4.72. The number of aliphatic imine (C=N–C) groups is 1. The molecule has 24 heavy (non-hydrogen) atoms. The number of nitrogens with zero attached hydrogens (tertiary/aromatic N) is 3. The monoisotopic (exact) mass is 336 g/mol. The first-order valence-corrected chi connectivity index (χ1v) is 9.83. The number of ether oxygens (including phenoxy) is 1. The Bertz CT molecular complexity index is 437. The number of hydrogen-bond donors (Lipinski definition) is 1. The molecule has 0 amide bonds. The van der Waals surface area contributed by atoms with E-state index in [-0.39, 0.29) is 0 Å². The van der Waals surface area contributed by atoms with Crippen molar-refractivity contribution in [2.24, 2.45) is 10.4 Å². The Kier molecular flexibility index (Phi) is 5.70. The molecule has 1 aliphatic carbocycles. The predicted molar refractivity (Wildman–Crippen MR) is 99.5 cm³/mol. The summed E-state index contributed by atoms with van der Waals surface area (Å²) in [5, 5.41) is 3.75. The van der Waals surface area contributed by atoms with Gasteiger partial charge in [-0.2, -0.15) is 0 Å². The molecule has 3 fully saturated rings. The van der Waals surface area contributed by atoms with E-state index in [1.807, 2.05) is 7.05 Å². The van der Waals surface area contributed by atoms with Gasteiger partial charge < -0.3 is 15.0 Å². The highest BCUT2D eigenvalue weighted by Crippen LogP contribution is 2.34. The minimum absolute atomic E-state index is 0.299. The van der Waals surface area contributed by atoms with Crippen LogP contribution in [-0.2, 0) is 4.74 Å². The van der Waals surface area contributed by atoms with Crippen LogP contribution in [0.5, 0.6) is 0 Å². The first-order valence-electron chi connectivity index (χ1n) is 9.83. The first-order chi connectivity index (χ1) is 11.5. The summed E-state index contributed by atoms with van der Waals surface area (Å²) in [7, 11) is 1.93. The van der Waals surface area contributed by atoms with Crippen LogP contribution in [0.4, 0.5) is 0 Å². The molecule has 0 unspecified atom stereocenters. The second kappa shape index (κ2) is 7.61. The van der Waals surface area contributed by atoms with Crippen LogP contribution in [0.3, 0.4) is 0 Å². The molecule has 138 valence electrons. The second-order valence-corrected chi connectivity index (χ2v) is 8.62. The van der Waals surface area contributed by atoms with E-state index < -0.39 is 0 Å². The Morgan fingerprint density at radius 2 is 1.75 bits per heavy atom. The second-order valence-electron chi connectivity index (χ2n) is 8.62. The van der Waals surface area contributed by atoms with Gasteiger partial charge in [0.2, 0.25) is 0 Å². The van der Waals surface area contributed by atoms with Crippen LogP contribution in [0.15, 0.2) is 4.99 Å². The fourth-order valence-electron chi connectivity index (χ4n) is 4.72. The predicted octanol–water partition coefficient (Wildman–Crippen LogP) is 2.33. The molecule has 0 bridgehead atoms. The van der Waals surface area contributed by atoms with Gasteiger partial charge in [-0.1, -0.05) is 33.1 Å². The van der Waals surface area contributed by atoms with E-state index in [2.05, 4.69) is 34.0 Å². The zero-order valence-corrected chi connectivity index (χ0v) is 15.9. The maximum atomic E-state index is 5.59. The summed E-state index contributed by atoms with van der Waals surface area (Å²) < 4.78 is 5.59. The van der Waals surface area contributed by atoms with Gasteiger partial charge in [-0.05, 0) is 24.7 Å². The minimum atomic E-state index is 0.299. The third kappa shape index (κ3) is 4.05. The molecule has 1 N–H and O–H groups in total. The maximum absolute atomic E-state index is 5.59. The van der Waals surface area contributed by atoms with Crippen molar-refractivity contribution in [3.63, 3.8) is 0 Å². The van der Waals surface area contributed by atoms with Crippen molar-refractivity contribution in [3.8, 4) is 0 Å². The van der Waals surface area contributed by atoms with E-state index in [4.69, 9.17) is 4.74 Å². The van der Waals surface area contributed by atoms with Crippen molar-refractivity contribution in [1.29, 1.82) is 0 Å². The Hall–Kier alpha value is -0.810. The van der Waals surface area contributed by atoms with Crippen molar-refractivity contribution < 1.29 is 4.74 Å². The van der Waals surface area contributed by atoms with Crippen LogP contribution in [0, 0.1) is 5.41 Å². The number of hydrogen-bond acceptors (Lipinski definition) is 3. The molecule has 5 heteroatoms. The molecule has 2 saturated heterocycles. The van der Waals surface area contributed by atoms with E-state index in [0.29, 0.717) is 11.0 Å². The van der Waals surface area contributed by atoms with Crippen LogP contribution in [0.25, 0.3) is 0 Å². The molecular formula is C19H36N4O. The Morgan fingerprint density at radius 3 is 2.33 bits per heavy atom. The van der Waals surface area contributed by atoms with Crippen LogP contribution >= 0.6 is 0 Å². The zero-order valence-electron chi connectivity index (χ0n) is 15.9. The van der Waals surface area contributed by atoms with Gasteiger partial charge in [0.15, 0.2) is 5.96 Å². The molecule has 0 aromatic rings. The summed E-state index contributed by atoms with van der Waals surface area (Å²) in [5.41, 5.74) is 0.706. The highest BCUT2D eigenvalue weighted by Gasteiger charge is 2.39. The number of guanidine groups is 1. The number of morpholine rings is 1. The molecule has 0 radical (unpaired) electrons. The van der Waals surface area contributed by atoms with Crippen molar-refractivity contribution in [1.82, 2.24) is 15.1 Å². The average molecular weight is 337 g/mol. The van der Waals surface area contributed by atoms with Gasteiger partial charge in [0.25, 0.3) is 0 Å². The van der Waals surface area contributed by atoms with Gasteiger partial charge >= 0.3 is 0 Å². The quantitative estimate of drug-likeness (QED) is 0.634. The molecule has 0 aromatic heterocycles. The Balaban J connectivity index is 1.64. The van der Waals surface area contributed by atoms with Crippen molar-refractivity contribution in [3.05, 3.63) is 0 Å². The Morgan fingerprint density at radius 1 is 1.04 bits per heavy atom. The molecule has 3 aliphatic rings. The van der Waals surface area contributed by atoms with E-state index in [1.165, 1.54) is 38.5 Å². The lowest BCUT2D eigenvalue weighted by Crippen LogP contribution is -2.60. The zero-order chi connectivity index (χ0) is 17.0. The molecular weight excluding hydrogens is 300 g/mol. The van der Waals surface area contributed by atoms with Gasteiger partial charge in [-0.25, -0.2) is 0 Å². The van der Waals surface area contributed by atoms with Crippen LogP contribution in [0.1, 0.15) is 52.4 Å². The van der Waals surface area contributed by atoms with Gasteiger partial charge in [-0.15, -0.1) is 0 Å². The topological polar surface area (TPSA) is 40.1 Å². The molecule has 0 aromatic carbocycles. The van der Waals surface area contributed by atoms with Crippen molar-refractivity contribution >= 4 is 5.96 Å². The summed E-state index contributed by atoms with van der Waals surface area (Å²) in [6.07, 6.45) is 7.97. The van der Waals surface area contributed by atoms with Crippen LogP contribution in [-0.4, -0.2) is 74.3 Å². The lowest BCUT2D eigenvalue weighted by Gasteiger charge is -2.48. The summed E-state index contributed by atoms with van der Waals surface area (Å²) in [6.45, 7) is 11.9. The average Bonchev–Trinajstić information content (AvgIpc) is 2.97. The third-order valence-corrected chi connectivity index (χ3v) is 6.23. The highest BCUT2D eigenvalue weighted by molar-refractivity contribution is 5.80. The lowest BCUT2D eigenvalue weighted by molar-refractivity contribution is -0.0354. The standard InChI is InChI=1S/C19H36N4O/c1-18(2)9-10-22(16-18)17(20-3)21-15-19(7-5-4-6-8-19)23-11-13-24-14-12-23/h4-16H2,1-3H3,(H,20,21). The summed E-state index contributed by atoms with van der Waals surface area (Å²) in [6, 6.07) is 0. The molecule has 5 nitrogen and oxygen atoms in total. The lowest BCUT2D eigenvalue weighted by atomic mass is 9.79. The van der Waals surface area contributed by atoms with Gasteiger partial charge in [0.05, 0.1) is 13.2 Å². The van der Waals surface area contributed by atoms with Crippen molar-refractivity contribution in [2.45, 2.75) is 57.9 Å². The summed E-state index contributed by atoms with van der Waals surface area (Å²) in [5.74, 6) is 1.10. The first kappa shape index (κ1) is 18.0. The van der Waals surface area contributed by atoms with Gasteiger partial charge in [-0.3, -0.25) is 9.89 Å². The Labute approximate surface area is 147 Å². The fraction of sp³-hybridized carbons (Fsp3) is 0.947. The van der Waals surface area contributed by atoms with Crippen molar-refractivity contribution in [2.75, 3.05) is 53.0 Å². The normalized spacial score (nSPS) is 28.1. The third-order valence-electron chi connectivity index (χ3n) is 6.23. The van der Waals surface area contributed by atoms with E-state index in [1.54, 1.807) is 0 Å². The molecule has 1 saturated carbocycles. The number of rotatable bonds is 3. The SMILES string of the molecule is CN=C(NCC1(N2CCOCC2)CCCCC1)N1CCC(C)(C)C1. The molecule has 0 spiro atoms. The smallest absolute Gasteiger partial charge is 0.193 e. The molecule has 3 rings (SSSR count). The van der Waals surface area contributed by atoms with E-state index >= 15 is 0 Å². The molecule has 2 heterocycles. The highest BCUT2D eigenvalue weighted by atomic mass is 16.5. The van der Waals surface area contributed by atoms with Gasteiger partial charge in [0, 0.05) is 45.3 Å². The maximum Gasteiger partial charge on any atom is 0.193 e. The van der Waals surface area contributed by atoms with Crippen LogP contribution < -0.4 is 5.32 Å². The van der Waals surface area contributed by atoms with Crippen LogP contribution in [0.2, 0.25) is 0 Å². The van der Waals surface area contributed by atoms with E-state index in [9.17, 15) is 0 Å². The molecule has 0 atom stereocenters. The molecule has 2 aliphatic heterocycles. The van der Waals surface area contributed by atoms with E-state index in [0.717, 1.165) is 51.9 Å². The summed E-state index contributed by atoms with van der Waals surface area (Å²) in [4.78, 5) is 9.72. The largest absolute Gasteiger partial charge is 0.379 e. The minimum Gasteiger partial charge on any atom is -0.379 e. The van der Waals surface area contributed by atoms with Gasteiger partial charge in [0.1, 0.15) is 0 Å². The number of likely N-dealkylation sites (tertiary alicyclic amines) is 1. The number of nitrogens with one attached hydrogen (secondary N) is 1.